The van der Waals surface area contributed by atoms with E-state index in [0.717, 1.165) is 0 Å². The third-order valence-electron chi connectivity index (χ3n) is 4.94. The zero-order valence-electron chi connectivity index (χ0n) is 14.6. The third kappa shape index (κ3) is 3.24. The van der Waals surface area contributed by atoms with Gasteiger partial charge in [0.2, 0.25) is 0 Å². The summed E-state index contributed by atoms with van der Waals surface area (Å²) in [6.07, 6.45) is -1.62. The summed E-state index contributed by atoms with van der Waals surface area (Å²) in [6.45, 7) is 17.2. The summed E-state index contributed by atoms with van der Waals surface area (Å²) < 4.78 is 27.6. The van der Waals surface area contributed by atoms with E-state index in [0.29, 0.717) is 27.4 Å². The van der Waals surface area contributed by atoms with Crippen molar-refractivity contribution in [2.75, 3.05) is 0 Å². The van der Waals surface area contributed by atoms with Crippen molar-refractivity contribution >= 4 is 13.6 Å². The fourth-order valence-electron chi connectivity index (χ4n) is 4.26. The molecule has 0 spiro atoms. The Balaban J connectivity index is 3.55. The molecule has 1 aromatic rings. The van der Waals surface area contributed by atoms with Crippen molar-refractivity contribution in [3.8, 4) is 0 Å². The van der Waals surface area contributed by atoms with E-state index >= 15 is 0 Å². The van der Waals surface area contributed by atoms with Gasteiger partial charge in [-0.3, -0.25) is 0 Å². The maximum absolute atomic E-state index is 13.8. The average molecular weight is 323 g/mol. The van der Waals surface area contributed by atoms with Gasteiger partial charge in [0.05, 0.1) is 8.07 Å². The zero-order valence-corrected chi connectivity index (χ0v) is 15.6. The second kappa shape index (κ2) is 7.36. The Kier molecular flexibility index (Phi) is 6.30. The van der Waals surface area contributed by atoms with Gasteiger partial charge in [0, 0.05) is 5.57 Å². The fourth-order valence-corrected chi connectivity index (χ4v) is 11.0. The van der Waals surface area contributed by atoms with Gasteiger partial charge in [-0.25, -0.2) is 0 Å². The highest BCUT2D eigenvalue weighted by molar-refractivity contribution is 6.91. The Bertz CT molecular complexity index is 516. The molecule has 3 heteroatoms. The molecule has 0 aliphatic carbocycles. The molecule has 0 radical (unpaired) electrons. The lowest BCUT2D eigenvalue weighted by Crippen LogP contribution is -2.47. The molecule has 0 atom stereocenters. The highest BCUT2D eigenvalue weighted by Crippen LogP contribution is 2.50. The van der Waals surface area contributed by atoms with E-state index in [1.54, 1.807) is 24.3 Å². The molecular formula is C19H28F2Si. The van der Waals surface area contributed by atoms with Gasteiger partial charge < -0.3 is 0 Å². The molecule has 0 bridgehead atoms. The van der Waals surface area contributed by atoms with Crippen LogP contribution in [0.3, 0.4) is 0 Å². The van der Waals surface area contributed by atoms with Crippen LogP contribution in [-0.4, -0.2) is 8.07 Å². The molecule has 0 aromatic heterocycles. The van der Waals surface area contributed by atoms with Crippen molar-refractivity contribution in [2.45, 2.75) is 58.2 Å². The second-order valence-electron chi connectivity index (χ2n) is 6.88. The fraction of sp³-hybridized carbons (Fsp3) is 0.474. The van der Waals surface area contributed by atoms with Crippen molar-refractivity contribution in [1.29, 1.82) is 0 Å². The van der Waals surface area contributed by atoms with Crippen LogP contribution in [0.1, 0.15) is 47.1 Å². The van der Waals surface area contributed by atoms with Gasteiger partial charge in [-0.15, -0.1) is 0 Å². The summed E-state index contributed by atoms with van der Waals surface area (Å²) in [7, 11) is -2.17. The van der Waals surface area contributed by atoms with Crippen LogP contribution in [0.25, 0.3) is 5.57 Å². The molecule has 0 unspecified atom stereocenters. The predicted octanol–water partition coefficient (Wildman–Crippen LogP) is 7.07. The van der Waals surface area contributed by atoms with E-state index in [-0.39, 0.29) is 5.57 Å². The first-order valence-corrected chi connectivity index (χ1v) is 10.2. The van der Waals surface area contributed by atoms with Crippen LogP contribution in [0.2, 0.25) is 16.6 Å². The molecule has 1 aromatic carbocycles. The SMILES string of the molecule is C=C(C(=C(F)F)c1ccccc1)[Si](C(C)C)(C(C)C)C(C)C. The second-order valence-corrected chi connectivity index (χ2v) is 12.8. The lowest BCUT2D eigenvalue weighted by molar-refractivity contribution is 0.426. The summed E-state index contributed by atoms with van der Waals surface area (Å²) in [5.41, 5.74) is 1.73. The van der Waals surface area contributed by atoms with Gasteiger partial charge >= 0.3 is 0 Å². The van der Waals surface area contributed by atoms with E-state index in [4.69, 9.17) is 0 Å². The largest absolute Gasteiger partial charge is 0.277 e. The van der Waals surface area contributed by atoms with Gasteiger partial charge in [-0.05, 0) is 22.2 Å². The topological polar surface area (TPSA) is 0 Å². The van der Waals surface area contributed by atoms with Crippen LogP contribution in [0, 0.1) is 0 Å². The molecule has 1 rings (SSSR count). The number of hydrogen-bond donors (Lipinski definition) is 0. The molecule has 0 N–H and O–H groups in total. The van der Waals surface area contributed by atoms with Crippen LogP contribution in [0.5, 0.6) is 0 Å². The van der Waals surface area contributed by atoms with Crippen molar-refractivity contribution < 1.29 is 8.78 Å². The van der Waals surface area contributed by atoms with Crippen molar-refractivity contribution in [3.05, 3.63) is 53.8 Å². The Labute approximate surface area is 135 Å². The summed E-state index contributed by atoms with van der Waals surface area (Å²) in [4.78, 5) is 0. The first-order chi connectivity index (χ1) is 10.2. The van der Waals surface area contributed by atoms with Crippen molar-refractivity contribution in [1.82, 2.24) is 0 Å². The minimum Gasteiger partial charge on any atom is -0.173 e. The van der Waals surface area contributed by atoms with E-state index < -0.39 is 14.2 Å². The molecule has 0 aliphatic heterocycles. The highest BCUT2D eigenvalue weighted by Gasteiger charge is 2.46. The molecule has 0 aliphatic rings. The lowest BCUT2D eigenvalue weighted by Gasteiger charge is -2.45. The number of hydrogen-bond acceptors (Lipinski definition) is 0. The number of rotatable bonds is 6. The van der Waals surface area contributed by atoms with E-state index in [9.17, 15) is 8.78 Å². The summed E-state index contributed by atoms with van der Waals surface area (Å²) in [5, 5.41) is 0.693. The average Bonchev–Trinajstić information content (AvgIpc) is 2.38. The number of halogens is 2. The van der Waals surface area contributed by atoms with Crippen molar-refractivity contribution in [3.63, 3.8) is 0 Å². The molecule has 0 heterocycles. The van der Waals surface area contributed by atoms with Crippen LogP contribution in [0.15, 0.2) is 48.2 Å². The first-order valence-electron chi connectivity index (χ1n) is 7.97. The molecule has 0 amide bonds. The quantitative estimate of drug-likeness (QED) is 0.388. The maximum atomic E-state index is 13.8. The van der Waals surface area contributed by atoms with Crippen molar-refractivity contribution in [2.24, 2.45) is 0 Å². The van der Waals surface area contributed by atoms with Gasteiger partial charge in [0.25, 0.3) is 6.08 Å². The minimum absolute atomic E-state index is 0.0726. The Hall–Kier alpha value is -1.22. The molecular weight excluding hydrogens is 294 g/mol. The smallest absolute Gasteiger partial charge is 0.173 e. The minimum atomic E-state index is -2.17. The Morgan fingerprint density at radius 3 is 1.59 bits per heavy atom. The molecule has 0 saturated heterocycles. The number of benzene rings is 1. The van der Waals surface area contributed by atoms with Gasteiger partial charge in [0.1, 0.15) is 0 Å². The summed E-state index contributed by atoms with van der Waals surface area (Å²) >= 11 is 0. The van der Waals surface area contributed by atoms with Gasteiger partial charge in [-0.2, -0.15) is 8.78 Å². The summed E-state index contributed by atoms with van der Waals surface area (Å²) in [6, 6.07) is 8.95. The normalized spacial score (nSPS) is 12.1. The molecule has 0 fully saturated rings. The van der Waals surface area contributed by atoms with Gasteiger partial charge in [-0.1, -0.05) is 83.6 Å². The van der Waals surface area contributed by atoms with Crippen LogP contribution < -0.4 is 0 Å². The Morgan fingerprint density at radius 2 is 1.27 bits per heavy atom. The maximum Gasteiger partial charge on any atom is 0.277 e. The Morgan fingerprint density at radius 1 is 0.864 bits per heavy atom. The van der Waals surface area contributed by atoms with Crippen LogP contribution in [0.4, 0.5) is 8.78 Å². The third-order valence-corrected chi connectivity index (χ3v) is 12.0. The monoisotopic (exact) mass is 322 g/mol. The summed E-state index contributed by atoms with van der Waals surface area (Å²) in [5.74, 6) is 0. The van der Waals surface area contributed by atoms with Crippen LogP contribution in [-0.2, 0) is 0 Å². The molecule has 0 saturated carbocycles. The first kappa shape index (κ1) is 18.8. The standard InChI is InChI=1S/C19H28F2Si/c1-13(2)22(14(3)4,15(5)6)16(7)18(19(20)21)17-11-9-8-10-12-17/h8-15H,7H2,1-6H3. The van der Waals surface area contributed by atoms with Crippen LogP contribution >= 0.6 is 0 Å². The predicted molar refractivity (Wildman–Crippen MR) is 95.8 cm³/mol. The molecule has 22 heavy (non-hydrogen) atoms. The van der Waals surface area contributed by atoms with E-state index in [2.05, 4.69) is 48.1 Å². The number of allylic oxidation sites excluding steroid dienone is 2. The highest BCUT2D eigenvalue weighted by atomic mass is 28.3. The molecule has 122 valence electrons. The van der Waals surface area contributed by atoms with Gasteiger partial charge in [0.15, 0.2) is 0 Å². The van der Waals surface area contributed by atoms with E-state index in [1.165, 1.54) is 0 Å². The molecule has 0 nitrogen and oxygen atoms in total. The lowest BCUT2D eigenvalue weighted by atomic mass is 10.1. The van der Waals surface area contributed by atoms with E-state index in [1.807, 2.05) is 6.07 Å². The zero-order chi connectivity index (χ0) is 17.1.